The predicted molar refractivity (Wildman–Crippen MR) is 95.3 cm³/mol. The molecule has 0 amide bonds. The van der Waals surface area contributed by atoms with Crippen LogP contribution in [0.3, 0.4) is 0 Å². The number of benzene rings is 2. The van der Waals surface area contributed by atoms with E-state index in [0.29, 0.717) is 0 Å². The highest BCUT2D eigenvalue weighted by atomic mass is 19.4. The van der Waals surface area contributed by atoms with Gasteiger partial charge in [0.15, 0.2) is 0 Å². The zero-order valence-electron chi connectivity index (χ0n) is 14.6. The van der Waals surface area contributed by atoms with Gasteiger partial charge in [-0.05, 0) is 54.3 Å². The van der Waals surface area contributed by atoms with Gasteiger partial charge in [0.1, 0.15) is 11.9 Å². The average Bonchev–Trinajstić information content (AvgIpc) is 3.05. The van der Waals surface area contributed by atoms with E-state index in [1.54, 1.807) is 12.1 Å². The molecule has 0 saturated heterocycles. The van der Waals surface area contributed by atoms with Crippen molar-refractivity contribution in [3.8, 4) is 5.75 Å². The number of alkyl halides is 3. The van der Waals surface area contributed by atoms with Gasteiger partial charge >= 0.3 is 6.18 Å². The predicted octanol–water partition coefficient (Wildman–Crippen LogP) is 6.15. The van der Waals surface area contributed by atoms with Crippen LogP contribution in [0.25, 0.3) is 10.9 Å². The third kappa shape index (κ3) is 2.85. The Balaban J connectivity index is 1.48. The number of halogens is 3. The SMILES string of the molecule is CC1(C)C(Oc2ccc3[nH]ccc3c2)CC1c1ccc(C(F)(F)F)cc1. The van der Waals surface area contributed by atoms with E-state index in [1.165, 1.54) is 12.1 Å². The molecule has 1 aromatic heterocycles. The molecule has 1 saturated carbocycles. The summed E-state index contributed by atoms with van der Waals surface area (Å²) in [6.07, 6.45) is -1.58. The minimum Gasteiger partial charge on any atom is -0.490 e. The maximum absolute atomic E-state index is 12.7. The Morgan fingerprint density at radius 1 is 1.04 bits per heavy atom. The number of ether oxygens (including phenoxy) is 1. The zero-order valence-corrected chi connectivity index (χ0v) is 14.6. The summed E-state index contributed by atoms with van der Waals surface area (Å²) in [5.41, 5.74) is 1.25. The van der Waals surface area contributed by atoms with Crippen molar-refractivity contribution >= 4 is 10.9 Å². The molecular formula is C21H20F3NO. The fraction of sp³-hybridized carbons (Fsp3) is 0.333. The highest BCUT2D eigenvalue weighted by molar-refractivity contribution is 5.80. The van der Waals surface area contributed by atoms with Crippen LogP contribution in [0.4, 0.5) is 13.2 Å². The molecule has 3 aromatic rings. The number of H-pyrrole nitrogens is 1. The van der Waals surface area contributed by atoms with Gasteiger partial charge in [0.05, 0.1) is 5.56 Å². The fourth-order valence-electron chi connectivity index (χ4n) is 3.82. The summed E-state index contributed by atoms with van der Waals surface area (Å²) < 4.78 is 44.4. The average molecular weight is 359 g/mol. The van der Waals surface area contributed by atoms with E-state index in [-0.39, 0.29) is 17.4 Å². The van der Waals surface area contributed by atoms with E-state index in [9.17, 15) is 13.2 Å². The van der Waals surface area contributed by atoms with Crippen LogP contribution in [0, 0.1) is 5.41 Å². The minimum absolute atomic E-state index is 0.0335. The van der Waals surface area contributed by atoms with Crippen molar-refractivity contribution in [1.29, 1.82) is 0 Å². The lowest BCUT2D eigenvalue weighted by molar-refractivity contribution is -0.137. The van der Waals surface area contributed by atoms with Crippen molar-refractivity contribution in [3.05, 3.63) is 65.9 Å². The van der Waals surface area contributed by atoms with Gasteiger partial charge in [-0.1, -0.05) is 26.0 Å². The van der Waals surface area contributed by atoms with Gasteiger partial charge in [0, 0.05) is 22.5 Å². The lowest BCUT2D eigenvalue weighted by Gasteiger charge is -2.51. The van der Waals surface area contributed by atoms with Crippen molar-refractivity contribution in [2.75, 3.05) is 0 Å². The molecule has 0 aliphatic heterocycles. The van der Waals surface area contributed by atoms with Crippen molar-refractivity contribution in [1.82, 2.24) is 4.98 Å². The summed E-state index contributed by atoms with van der Waals surface area (Å²) in [4.78, 5) is 3.15. The number of hydrogen-bond donors (Lipinski definition) is 1. The monoisotopic (exact) mass is 359 g/mol. The van der Waals surface area contributed by atoms with E-state index in [4.69, 9.17) is 4.74 Å². The minimum atomic E-state index is -4.30. The molecule has 2 atom stereocenters. The molecule has 1 fully saturated rings. The molecule has 0 spiro atoms. The van der Waals surface area contributed by atoms with Gasteiger partial charge in [0.25, 0.3) is 0 Å². The molecule has 136 valence electrons. The molecule has 0 bridgehead atoms. The number of fused-ring (bicyclic) bond motifs is 1. The first kappa shape index (κ1) is 17.0. The number of hydrogen-bond acceptors (Lipinski definition) is 1. The number of nitrogens with one attached hydrogen (secondary N) is 1. The van der Waals surface area contributed by atoms with Crippen LogP contribution in [-0.2, 0) is 6.18 Å². The molecule has 26 heavy (non-hydrogen) atoms. The molecule has 1 aliphatic carbocycles. The molecule has 0 radical (unpaired) electrons. The Kier molecular flexibility index (Phi) is 3.79. The molecule has 1 aliphatic rings. The quantitative estimate of drug-likeness (QED) is 0.596. The normalized spacial score (nSPS) is 22.2. The lowest BCUT2D eigenvalue weighted by Crippen LogP contribution is -2.50. The van der Waals surface area contributed by atoms with E-state index in [1.807, 2.05) is 30.5 Å². The molecule has 2 aromatic carbocycles. The second kappa shape index (κ2) is 5.79. The molecular weight excluding hydrogens is 339 g/mol. The largest absolute Gasteiger partial charge is 0.490 e. The van der Waals surface area contributed by atoms with Crippen LogP contribution in [0.2, 0.25) is 0 Å². The highest BCUT2D eigenvalue weighted by Gasteiger charge is 2.50. The standard InChI is InChI=1S/C21H20F3NO/c1-20(2)17(13-3-5-15(6-4-13)21(22,23)24)12-19(20)26-16-7-8-18-14(11-16)9-10-25-18/h3-11,17,19,25H,12H2,1-2H3. The smallest absolute Gasteiger partial charge is 0.416 e. The third-order valence-corrected chi connectivity index (χ3v) is 5.62. The topological polar surface area (TPSA) is 25.0 Å². The molecule has 2 unspecified atom stereocenters. The van der Waals surface area contributed by atoms with E-state index >= 15 is 0 Å². The summed E-state index contributed by atoms with van der Waals surface area (Å²) in [5, 5.41) is 1.10. The summed E-state index contributed by atoms with van der Waals surface area (Å²) in [6.45, 7) is 4.22. The Bertz CT molecular complexity index is 924. The van der Waals surface area contributed by atoms with Gasteiger partial charge in [-0.25, -0.2) is 0 Å². The number of rotatable bonds is 3. The van der Waals surface area contributed by atoms with Crippen LogP contribution in [0.1, 0.15) is 37.3 Å². The van der Waals surface area contributed by atoms with Gasteiger partial charge in [-0.3, -0.25) is 0 Å². The van der Waals surface area contributed by atoms with Crippen molar-refractivity contribution in [2.45, 2.75) is 38.5 Å². The van der Waals surface area contributed by atoms with Crippen molar-refractivity contribution < 1.29 is 17.9 Å². The Morgan fingerprint density at radius 2 is 1.77 bits per heavy atom. The third-order valence-electron chi connectivity index (χ3n) is 5.62. The second-order valence-electron chi connectivity index (χ2n) is 7.56. The highest BCUT2D eigenvalue weighted by Crippen LogP contribution is 2.54. The summed E-state index contributed by atoms with van der Waals surface area (Å²) in [5.74, 6) is 1.01. The van der Waals surface area contributed by atoms with Crippen LogP contribution < -0.4 is 4.74 Å². The molecule has 1 N–H and O–H groups in total. The maximum atomic E-state index is 12.7. The lowest BCUT2D eigenvalue weighted by atomic mass is 9.57. The molecule has 1 heterocycles. The molecule has 4 rings (SSSR count). The van der Waals surface area contributed by atoms with E-state index in [2.05, 4.69) is 18.8 Å². The number of aromatic amines is 1. The van der Waals surface area contributed by atoms with Gasteiger partial charge < -0.3 is 9.72 Å². The molecule has 5 heteroatoms. The molecule has 2 nitrogen and oxygen atoms in total. The first-order valence-electron chi connectivity index (χ1n) is 8.66. The van der Waals surface area contributed by atoms with E-state index in [0.717, 1.165) is 28.6 Å². The Labute approximate surface area is 150 Å². The van der Waals surface area contributed by atoms with Crippen molar-refractivity contribution in [3.63, 3.8) is 0 Å². The number of aromatic nitrogens is 1. The Hall–Kier alpha value is -2.43. The van der Waals surface area contributed by atoms with Gasteiger partial charge in [-0.15, -0.1) is 0 Å². The van der Waals surface area contributed by atoms with E-state index < -0.39 is 11.7 Å². The first-order valence-corrected chi connectivity index (χ1v) is 8.66. The van der Waals surface area contributed by atoms with Crippen molar-refractivity contribution in [2.24, 2.45) is 5.41 Å². The van der Waals surface area contributed by atoms with Gasteiger partial charge in [0.2, 0.25) is 0 Å². The Morgan fingerprint density at radius 3 is 2.42 bits per heavy atom. The summed E-state index contributed by atoms with van der Waals surface area (Å²) >= 11 is 0. The van der Waals surface area contributed by atoms with Crippen LogP contribution >= 0.6 is 0 Å². The first-order chi connectivity index (χ1) is 12.2. The summed E-state index contributed by atoms with van der Waals surface area (Å²) in [6, 6.07) is 13.5. The van der Waals surface area contributed by atoms with Crippen LogP contribution in [-0.4, -0.2) is 11.1 Å². The fourth-order valence-corrected chi connectivity index (χ4v) is 3.82. The zero-order chi connectivity index (χ0) is 18.5. The van der Waals surface area contributed by atoms with Crippen LogP contribution in [0.5, 0.6) is 5.75 Å². The van der Waals surface area contributed by atoms with Crippen LogP contribution in [0.15, 0.2) is 54.7 Å². The second-order valence-corrected chi connectivity index (χ2v) is 7.56. The maximum Gasteiger partial charge on any atom is 0.416 e. The summed E-state index contributed by atoms with van der Waals surface area (Å²) in [7, 11) is 0. The van der Waals surface area contributed by atoms with Gasteiger partial charge in [-0.2, -0.15) is 13.2 Å².